The summed E-state index contributed by atoms with van der Waals surface area (Å²) in [7, 11) is 0. The van der Waals surface area contributed by atoms with Crippen molar-refractivity contribution in [2.45, 2.75) is 13.0 Å². The van der Waals surface area contributed by atoms with E-state index in [1.807, 2.05) is 47.4 Å². The van der Waals surface area contributed by atoms with Gasteiger partial charge < -0.3 is 10.2 Å². The molecule has 0 aliphatic carbocycles. The summed E-state index contributed by atoms with van der Waals surface area (Å²) in [5.41, 5.74) is 3.96. The van der Waals surface area contributed by atoms with Crippen molar-refractivity contribution in [2.24, 2.45) is 0 Å². The Morgan fingerprint density at radius 1 is 1.12 bits per heavy atom. The number of nitrogens with zero attached hydrogens (tertiary/aromatic N) is 2. The first-order valence-corrected chi connectivity index (χ1v) is 8.93. The van der Waals surface area contributed by atoms with Crippen molar-refractivity contribution in [1.29, 1.82) is 0 Å². The lowest BCUT2D eigenvalue weighted by Crippen LogP contribution is -2.28. The van der Waals surface area contributed by atoms with Crippen LogP contribution in [-0.2, 0) is 13.0 Å². The van der Waals surface area contributed by atoms with Crippen LogP contribution >= 0.6 is 11.6 Å². The molecule has 0 bridgehead atoms. The van der Waals surface area contributed by atoms with Crippen molar-refractivity contribution in [3.8, 4) is 0 Å². The minimum absolute atomic E-state index is 0.00638. The minimum atomic E-state index is 0.00638. The normalized spacial score (nSPS) is 12.7. The van der Waals surface area contributed by atoms with Crippen molar-refractivity contribution < 1.29 is 4.79 Å². The number of aromatic nitrogens is 1. The fourth-order valence-electron chi connectivity index (χ4n) is 3.16. The molecule has 1 aromatic heterocycles. The average molecular weight is 364 g/mol. The third-order valence-corrected chi connectivity index (χ3v) is 4.78. The Hall–Kier alpha value is -2.85. The highest BCUT2D eigenvalue weighted by atomic mass is 35.5. The number of pyridine rings is 1. The third kappa shape index (κ3) is 3.41. The molecule has 1 amide bonds. The summed E-state index contributed by atoms with van der Waals surface area (Å²) in [6, 6.07) is 19.3. The zero-order valence-electron chi connectivity index (χ0n) is 14.2. The van der Waals surface area contributed by atoms with E-state index in [1.165, 1.54) is 5.56 Å². The molecule has 1 aliphatic heterocycles. The molecule has 4 nitrogen and oxygen atoms in total. The molecule has 0 spiro atoms. The van der Waals surface area contributed by atoms with Crippen molar-refractivity contribution in [3.63, 3.8) is 0 Å². The number of anilines is 2. The molecule has 4 rings (SSSR count). The predicted molar refractivity (Wildman–Crippen MR) is 105 cm³/mol. The van der Waals surface area contributed by atoms with E-state index in [1.54, 1.807) is 18.3 Å². The summed E-state index contributed by atoms with van der Waals surface area (Å²) in [4.78, 5) is 19.1. The van der Waals surface area contributed by atoms with E-state index in [4.69, 9.17) is 11.6 Å². The number of nitrogens with one attached hydrogen (secondary N) is 1. The molecule has 0 fully saturated rings. The van der Waals surface area contributed by atoms with Crippen LogP contribution in [0.4, 0.5) is 11.5 Å². The molecular formula is C21H18ClN3O. The van der Waals surface area contributed by atoms with Crippen LogP contribution in [0, 0.1) is 0 Å². The van der Waals surface area contributed by atoms with Crippen LogP contribution in [0.25, 0.3) is 0 Å². The molecular weight excluding hydrogens is 346 g/mol. The van der Waals surface area contributed by atoms with Gasteiger partial charge in [-0.05, 0) is 47.9 Å². The molecule has 5 heteroatoms. The van der Waals surface area contributed by atoms with Gasteiger partial charge in [0.15, 0.2) is 0 Å². The zero-order chi connectivity index (χ0) is 17.9. The number of hydrogen-bond acceptors (Lipinski definition) is 3. The third-order valence-electron chi connectivity index (χ3n) is 4.53. The van der Waals surface area contributed by atoms with Gasteiger partial charge in [0.2, 0.25) is 0 Å². The second-order valence-corrected chi connectivity index (χ2v) is 6.68. The largest absolute Gasteiger partial charge is 0.366 e. The van der Waals surface area contributed by atoms with E-state index in [0.717, 1.165) is 17.7 Å². The number of amides is 1. The first kappa shape index (κ1) is 16.6. The first-order valence-electron chi connectivity index (χ1n) is 8.55. The van der Waals surface area contributed by atoms with Gasteiger partial charge in [0.1, 0.15) is 5.82 Å². The van der Waals surface area contributed by atoms with Crippen LogP contribution < -0.4 is 10.2 Å². The lowest BCUT2D eigenvalue weighted by atomic mass is 10.1. The Morgan fingerprint density at radius 2 is 1.92 bits per heavy atom. The van der Waals surface area contributed by atoms with Crippen LogP contribution in [-0.4, -0.2) is 17.4 Å². The fourth-order valence-corrected chi connectivity index (χ4v) is 3.29. The van der Waals surface area contributed by atoms with E-state index < -0.39 is 0 Å². The molecule has 0 radical (unpaired) electrons. The van der Waals surface area contributed by atoms with Gasteiger partial charge >= 0.3 is 0 Å². The molecule has 26 heavy (non-hydrogen) atoms. The summed E-state index contributed by atoms with van der Waals surface area (Å²) in [6.07, 6.45) is 2.56. The quantitative estimate of drug-likeness (QED) is 0.739. The minimum Gasteiger partial charge on any atom is -0.366 e. The van der Waals surface area contributed by atoms with Crippen molar-refractivity contribution in [1.82, 2.24) is 4.98 Å². The number of carbonyl (C=O) groups is 1. The topological polar surface area (TPSA) is 45.2 Å². The second kappa shape index (κ2) is 7.18. The monoisotopic (exact) mass is 363 g/mol. The molecule has 0 atom stereocenters. The van der Waals surface area contributed by atoms with Crippen LogP contribution in [0.2, 0.25) is 5.02 Å². The molecule has 3 aromatic rings. The van der Waals surface area contributed by atoms with E-state index >= 15 is 0 Å². The van der Waals surface area contributed by atoms with Crippen LogP contribution in [0.5, 0.6) is 0 Å². The maximum Gasteiger partial charge on any atom is 0.258 e. The van der Waals surface area contributed by atoms with E-state index in [9.17, 15) is 4.79 Å². The molecule has 1 aliphatic rings. The Bertz CT molecular complexity index is 940. The summed E-state index contributed by atoms with van der Waals surface area (Å²) in [6.45, 7) is 1.34. The van der Waals surface area contributed by atoms with Gasteiger partial charge in [0.25, 0.3) is 5.91 Å². The van der Waals surface area contributed by atoms with E-state index in [0.29, 0.717) is 29.5 Å². The van der Waals surface area contributed by atoms with Crippen molar-refractivity contribution in [2.75, 3.05) is 16.8 Å². The lowest BCUT2D eigenvalue weighted by Gasteiger charge is -2.17. The molecule has 0 unspecified atom stereocenters. The van der Waals surface area contributed by atoms with Crippen molar-refractivity contribution in [3.05, 3.63) is 88.6 Å². The summed E-state index contributed by atoms with van der Waals surface area (Å²) >= 11 is 5.91. The number of rotatable bonds is 4. The fraction of sp³-hybridized carbons (Fsp3) is 0.143. The summed E-state index contributed by atoms with van der Waals surface area (Å²) < 4.78 is 0. The maximum absolute atomic E-state index is 12.9. The van der Waals surface area contributed by atoms with Gasteiger partial charge in [-0.15, -0.1) is 0 Å². The lowest BCUT2D eigenvalue weighted by molar-refractivity contribution is 0.0989. The maximum atomic E-state index is 12.9. The van der Waals surface area contributed by atoms with Crippen molar-refractivity contribution >= 4 is 29.0 Å². The molecule has 1 N–H and O–H groups in total. The first-order chi connectivity index (χ1) is 12.7. The SMILES string of the molecule is O=C(c1ccnc(NCc2ccc(Cl)cc2)c1)N1CCc2ccccc21. The molecule has 0 saturated carbocycles. The molecule has 0 saturated heterocycles. The highest BCUT2D eigenvalue weighted by Gasteiger charge is 2.25. The number of fused-ring (bicyclic) bond motifs is 1. The summed E-state index contributed by atoms with van der Waals surface area (Å²) in [5.74, 6) is 0.685. The van der Waals surface area contributed by atoms with Gasteiger partial charge in [-0.1, -0.05) is 41.9 Å². The highest BCUT2D eigenvalue weighted by Crippen LogP contribution is 2.29. The predicted octanol–water partition coefficient (Wildman–Crippen LogP) is 4.55. The Morgan fingerprint density at radius 3 is 2.77 bits per heavy atom. The molecule has 2 aromatic carbocycles. The zero-order valence-corrected chi connectivity index (χ0v) is 14.9. The Kier molecular flexibility index (Phi) is 4.59. The Balaban J connectivity index is 1.49. The van der Waals surface area contributed by atoms with E-state index in [2.05, 4.69) is 16.4 Å². The van der Waals surface area contributed by atoms with Gasteiger partial charge in [-0.25, -0.2) is 4.98 Å². The standard InChI is InChI=1S/C21H18ClN3O/c22-18-7-5-15(6-8-18)14-24-20-13-17(9-11-23-20)21(26)25-12-10-16-3-1-2-4-19(16)25/h1-9,11,13H,10,12,14H2,(H,23,24). The van der Waals surface area contributed by atoms with E-state index in [-0.39, 0.29) is 5.91 Å². The average Bonchev–Trinajstić information content (AvgIpc) is 3.11. The number of halogens is 1. The number of para-hydroxylation sites is 1. The highest BCUT2D eigenvalue weighted by molar-refractivity contribution is 6.30. The van der Waals surface area contributed by atoms with Gasteiger partial charge in [0, 0.05) is 35.6 Å². The van der Waals surface area contributed by atoms with Crippen LogP contribution in [0.15, 0.2) is 66.9 Å². The number of benzene rings is 2. The number of hydrogen-bond donors (Lipinski definition) is 1. The second-order valence-electron chi connectivity index (χ2n) is 6.25. The molecule has 130 valence electrons. The van der Waals surface area contributed by atoms with Gasteiger partial charge in [-0.3, -0.25) is 4.79 Å². The number of carbonyl (C=O) groups excluding carboxylic acids is 1. The van der Waals surface area contributed by atoms with Crippen LogP contribution in [0.3, 0.4) is 0 Å². The van der Waals surface area contributed by atoms with Crippen LogP contribution in [0.1, 0.15) is 21.5 Å². The van der Waals surface area contributed by atoms with Gasteiger partial charge in [-0.2, -0.15) is 0 Å². The smallest absolute Gasteiger partial charge is 0.258 e. The Labute approximate surface area is 157 Å². The molecule has 2 heterocycles. The summed E-state index contributed by atoms with van der Waals surface area (Å²) in [5, 5.41) is 3.97. The van der Waals surface area contributed by atoms with Gasteiger partial charge in [0.05, 0.1) is 0 Å².